The predicted octanol–water partition coefficient (Wildman–Crippen LogP) is 3.56. The third kappa shape index (κ3) is 2.85. The molecular weight excluding hydrogens is 240 g/mol. The molecule has 0 bridgehead atoms. The number of hydrogen-bond donors (Lipinski definition) is 1. The lowest BCUT2D eigenvalue weighted by atomic mass is 10.2. The Morgan fingerprint density at radius 1 is 1.11 bits per heavy atom. The van der Waals surface area contributed by atoms with Crippen LogP contribution in [0.5, 0.6) is 0 Å². The largest absolute Gasteiger partial charge is 0.449 e. The molecule has 0 fully saturated rings. The van der Waals surface area contributed by atoms with E-state index in [1.807, 2.05) is 42.5 Å². The van der Waals surface area contributed by atoms with Crippen LogP contribution in [0.1, 0.15) is 6.92 Å². The van der Waals surface area contributed by atoms with Crippen molar-refractivity contribution in [2.75, 3.05) is 17.2 Å². The van der Waals surface area contributed by atoms with Gasteiger partial charge in [0, 0.05) is 0 Å². The van der Waals surface area contributed by atoms with E-state index in [1.165, 1.54) is 4.90 Å². The topological polar surface area (TPSA) is 55.6 Å². The van der Waals surface area contributed by atoms with Crippen LogP contribution < -0.4 is 10.6 Å². The second-order valence-electron chi connectivity index (χ2n) is 3.93. The summed E-state index contributed by atoms with van der Waals surface area (Å²) in [5.41, 5.74) is 7.81. The molecule has 0 atom stereocenters. The highest BCUT2D eigenvalue weighted by atomic mass is 16.6. The molecule has 0 radical (unpaired) electrons. The lowest BCUT2D eigenvalue weighted by molar-refractivity contribution is 0.162. The molecule has 2 aromatic carbocycles. The summed E-state index contributed by atoms with van der Waals surface area (Å²) < 4.78 is 5.10. The normalized spacial score (nSPS) is 9.95. The van der Waals surface area contributed by atoms with E-state index in [1.54, 1.807) is 19.1 Å². The summed E-state index contributed by atoms with van der Waals surface area (Å²) in [6, 6.07) is 16.5. The molecule has 2 N–H and O–H groups in total. The van der Waals surface area contributed by atoms with Crippen LogP contribution in [0.25, 0.3) is 0 Å². The van der Waals surface area contributed by atoms with Crippen molar-refractivity contribution < 1.29 is 9.53 Å². The molecule has 0 unspecified atom stereocenters. The SMILES string of the molecule is CCOC(=O)N(c1ccccc1)c1ccccc1N. The van der Waals surface area contributed by atoms with Crippen LogP contribution in [0.2, 0.25) is 0 Å². The van der Waals surface area contributed by atoms with Crippen LogP contribution >= 0.6 is 0 Å². The van der Waals surface area contributed by atoms with Gasteiger partial charge >= 0.3 is 6.09 Å². The molecule has 4 heteroatoms. The predicted molar refractivity (Wildman–Crippen MR) is 76.5 cm³/mol. The molecule has 0 heterocycles. The number of ether oxygens (including phenoxy) is 1. The Labute approximate surface area is 112 Å². The maximum absolute atomic E-state index is 12.1. The Balaban J connectivity index is 2.46. The van der Waals surface area contributed by atoms with Crippen LogP contribution in [0.3, 0.4) is 0 Å². The Kier molecular flexibility index (Phi) is 4.03. The van der Waals surface area contributed by atoms with Gasteiger partial charge in [-0.15, -0.1) is 0 Å². The molecule has 0 aliphatic carbocycles. The molecule has 98 valence electrons. The van der Waals surface area contributed by atoms with Gasteiger partial charge < -0.3 is 10.5 Å². The van der Waals surface area contributed by atoms with Crippen molar-refractivity contribution >= 4 is 23.2 Å². The fourth-order valence-electron chi connectivity index (χ4n) is 1.80. The van der Waals surface area contributed by atoms with E-state index in [4.69, 9.17) is 10.5 Å². The van der Waals surface area contributed by atoms with Crippen LogP contribution in [0, 0.1) is 0 Å². The van der Waals surface area contributed by atoms with Gasteiger partial charge in [-0.3, -0.25) is 0 Å². The van der Waals surface area contributed by atoms with Crippen molar-refractivity contribution in [3.63, 3.8) is 0 Å². The summed E-state index contributed by atoms with van der Waals surface area (Å²) in [7, 11) is 0. The smallest absolute Gasteiger partial charge is 0.419 e. The molecule has 0 aliphatic heterocycles. The van der Waals surface area contributed by atoms with Gasteiger partial charge in [0.2, 0.25) is 0 Å². The fourth-order valence-corrected chi connectivity index (χ4v) is 1.80. The van der Waals surface area contributed by atoms with Crippen LogP contribution in [-0.4, -0.2) is 12.7 Å². The summed E-state index contributed by atoms with van der Waals surface area (Å²) in [5, 5.41) is 0. The van der Waals surface area contributed by atoms with Gasteiger partial charge in [-0.1, -0.05) is 30.3 Å². The van der Waals surface area contributed by atoms with Crippen LogP contribution in [-0.2, 0) is 4.74 Å². The second kappa shape index (κ2) is 5.91. The Bertz CT molecular complexity index is 555. The first-order valence-corrected chi connectivity index (χ1v) is 6.10. The van der Waals surface area contributed by atoms with Gasteiger partial charge in [-0.2, -0.15) is 0 Å². The molecule has 0 saturated carbocycles. The summed E-state index contributed by atoms with van der Waals surface area (Å²) in [6.45, 7) is 2.09. The van der Waals surface area contributed by atoms with Gasteiger partial charge in [0.05, 0.1) is 23.7 Å². The minimum atomic E-state index is -0.438. The van der Waals surface area contributed by atoms with E-state index in [0.717, 1.165) is 5.69 Å². The summed E-state index contributed by atoms with van der Waals surface area (Å²) in [4.78, 5) is 13.6. The molecule has 2 aromatic rings. The maximum Gasteiger partial charge on any atom is 0.419 e. The highest BCUT2D eigenvalue weighted by Gasteiger charge is 2.20. The first-order chi connectivity index (χ1) is 9.24. The number of carbonyl (C=O) groups is 1. The minimum absolute atomic E-state index is 0.314. The van der Waals surface area contributed by atoms with Gasteiger partial charge in [-0.25, -0.2) is 9.69 Å². The van der Waals surface area contributed by atoms with E-state index < -0.39 is 6.09 Å². The third-order valence-electron chi connectivity index (χ3n) is 2.64. The Morgan fingerprint density at radius 3 is 2.37 bits per heavy atom. The number of anilines is 3. The molecule has 0 saturated heterocycles. The van der Waals surface area contributed by atoms with E-state index in [2.05, 4.69) is 0 Å². The van der Waals surface area contributed by atoms with E-state index in [9.17, 15) is 4.79 Å². The molecule has 0 spiro atoms. The number of hydrogen-bond acceptors (Lipinski definition) is 3. The molecule has 1 amide bonds. The lowest BCUT2D eigenvalue weighted by Crippen LogP contribution is -2.27. The number of nitrogens with two attached hydrogens (primary N) is 1. The monoisotopic (exact) mass is 256 g/mol. The molecule has 2 rings (SSSR count). The van der Waals surface area contributed by atoms with E-state index in [0.29, 0.717) is 18.0 Å². The molecule has 0 aliphatic rings. The minimum Gasteiger partial charge on any atom is -0.449 e. The van der Waals surface area contributed by atoms with Gasteiger partial charge in [0.15, 0.2) is 0 Å². The third-order valence-corrected chi connectivity index (χ3v) is 2.64. The Hall–Kier alpha value is -2.49. The van der Waals surface area contributed by atoms with Crippen LogP contribution in [0.15, 0.2) is 54.6 Å². The average Bonchev–Trinajstić information content (AvgIpc) is 2.43. The summed E-state index contributed by atoms with van der Waals surface area (Å²) in [6.07, 6.45) is -0.438. The number of nitrogens with zero attached hydrogens (tertiary/aromatic N) is 1. The first kappa shape index (κ1) is 13.0. The molecule has 4 nitrogen and oxygen atoms in total. The molecule has 19 heavy (non-hydrogen) atoms. The summed E-state index contributed by atoms with van der Waals surface area (Å²) >= 11 is 0. The van der Waals surface area contributed by atoms with Crippen molar-refractivity contribution in [2.45, 2.75) is 6.92 Å². The first-order valence-electron chi connectivity index (χ1n) is 6.10. The summed E-state index contributed by atoms with van der Waals surface area (Å²) in [5.74, 6) is 0. The fraction of sp³-hybridized carbons (Fsp3) is 0.133. The number of amides is 1. The van der Waals surface area contributed by atoms with Gasteiger partial charge in [0.25, 0.3) is 0 Å². The highest BCUT2D eigenvalue weighted by Crippen LogP contribution is 2.30. The maximum atomic E-state index is 12.1. The van der Waals surface area contributed by atoms with Crippen molar-refractivity contribution in [1.29, 1.82) is 0 Å². The highest BCUT2D eigenvalue weighted by molar-refractivity contribution is 5.99. The molecular formula is C15H16N2O2. The van der Waals surface area contributed by atoms with Crippen LogP contribution in [0.4, 0.5) is 21.9 Å². The lowest BCUT2D eigenvalue weighted by Gasteiger charge is -2.23. The van der Waals surface area contributed by atoms with Crippen molar-refractivity contribution in [3.05, 3.63) is 54.6 Å². The van der Waals surface area contributed by atoms with E-state index >= 15 is 0 Å². The zero-order valence-electron chi connectivity index (χ0n) is 10.7. The molecule has 0 aromatic heterocycles. The van der Waals surface area contributed by atoms with Crippen molar-refractivity contribution in [1.82, 2.24) is 0 Å². The number of benzene rings is 2. The second-order valence-corrected chi connectivity index (χ2v) is 3.93. The average molecular weight is 256 g/mol. The standard InChI is InChI=1S/C15H16N2O2/c1-2-19-15(18)17(12-8-4-3-5-9-12)14-11-7-6-10-13(14)16/h3-11H,2,16H2,1H3. The quantitative estimate of drug-likeness (QED) is 0.854. The number of carbonyl (C=O) groups excluding carboxylic acids is 1. The Morgan fingerprint density at radius 2 is 1.74 bits per heavy atom. The van der Waals surface area contributed by atoms with Gasteiger partial charge in [0.1, 0.15) is 0 Å². The number of para-hydroxylation sites is 3. The van der Waals surface area contributed by atoms with Gasteiger partial charge in [-0.05, 0) is 31.2 Å². The van der Waals surface area contributed by atoms with Crippen molar-refractivity contribution in [3.8, 4) is 0 Å². The van der Waals surface area contributed by atoms with Crippen molar-refractivity contribution in [2.24, 2.45) is 0 Å². The zero-order chi connectivity index (χ0) is 13.7. The van der Waals surface area contributed by atoms with E-state index in [-0.39, 0.29) is 0 Å². The number of rotatable bonds is 3. The zero-order valence-corrected chi connectivity index (χ0v) is 10.7. The number of nitrogen functional groups attached to an aromatic ring is 1.